The van der Waals surface area contributed by atoms with E-state index in [2.05, 4.69) is 12.2 Å². The van der Waals surface area contributed by atoms with E-state index in [0.717, 1.165) is 30.0 Å². The maximum atomic E-state index is 12.5. The van der Waals surface area contributed by atoms with Gasteiger partial charge in [-0.1, -0.05) is 162 Å². The summed E-state index contributed by atoms with van der Waals surface area (Å²) < 4.78 is 4.08. The molecule has 0 aliphatic carbocycles. The highest BCUT2D eigenvalue weighted by molar-refractivity contribution is 6.68. The molecule has 0 saturated heterocycles. The zero-order chi connectivity index (χ0) is 26.1. The molecule has 6 heteroatoms. The van der Waals surface area contributed by atoms with Gasteiger partial charge in [-0.15, -0.1) is 0 Å². The van der Waals surface area contributed by atoms with Gasteiger partial charge >= 0.3 is 0 Å². The van der Waals surface area contributed by atoms with E-state index in [0.29, 0.717) is 12.2 Å². The van der Waals surface area contributed by atoms with Crippen LogP contribution in [0.25, 0.3) is 10.8 Å². The van der Waals surface area contributed by atoms with Gasteiger partial charge in [0.15, 0.2) is 0 Å². The van der Waals surface area contributed by atoms with Gasteiger partial charge in [0.1, 0.15) is 5.75 Å². The number of amides is 1. The molecule has 0 bridgehead atoms. The van der Waals surface area contributed by atoms with Crippen molar-refractivity contribution in [1.82, 2.24) is 5.32 Å². The third-order valence-electron chi connectivity index (χ3n) is 6.57. The SMILES string of the molecule is CCCCCCCCCCCCCCCCCC(=O)NC(Oc1ccc2ccccc2c1)C(Cl)(Cl)Cl. The summed E-state index contributed by atoms with van der Waals surface area (Å²) in [7, 11) is 0. The first-order valence-electron chi connectivity index (χ1n) is 13.9. The van der Waals surface area contributed by atoms with Crippen LogP contribution in [0.4, 0.5) is 0 Å². The van der Waals surface area contributed by atoms with Crippen LogP contribution in [-0.4, -0.2) is 15.9 Å². The number of benzene rings is 2. The smallest absolute Gasteiger partial charge is 0.246 e. The summed E-state index contributed by atoms with van der Waals surface area (Å²) >= 11 is 18.3. The predicted molar refractivity (Wildman–Crippen MR) is 156 cm³/mol. The lowest BCUT2D eigenvalue weighted by Gasteiger charge is -2.26. The minimum atomic E-state index is -1.78. The van der Waals surface area contributed by atoms with Gasteiger partial charge in [0.05, 0.1) is 0 Å². The van der Waals surface area contributed by atoms with Crippen LogP contribution < -0.4 is 10.1 Å². The first kappa shape index (κ1) is 31.1. The Bertz CT molecular complexity index is 869. The molecular weight excluding hydrogens is 513 g/mol. The highest BCUT2D eigenvalue weighted by atomic mass is 35.6. The molecule has 1 amide bonds. The Labute approximate surface area is 233 Å². The number of unbranched alkanes of at least 4 members (excludes halogenated alkanes) is 14. The molecule has 2 aromatic rings. The Morgan fingerprint density at radius 2 is 1.25 bits per heavy atom. The number of fused-ring (bicyclic) bond motifs is 1. The topological polar surface area (TPSA) is 38.3 Å². The molecule has 36 heavy (non-hydrogen) atoms. The average Bonchev–Trinajstić information content (AvgIpc) is 2.85. The third-order valence-corrected chi connectivity index (χ3v) is 7.17. The molecule has 0 heterocycles. The number of nitrogens with one attached hydrogen (secondary N) is 1. The van der Waals surface area contributed by atoms with Crippen molar-refractivity contribution in [2.45, 2.75) is 120 Å². The van der Waals surface area contributed by atoms with Crippen LogP contribution in [0.3, 0.4) is 0 Å². The second-order valence-corrected chi connectivity index (χ2v) is 12.2. The maximum absolute atomic E-state index is 12.5. The molecule has 0 radical (unpaired) electrons. The molecular formula is C30H44Cl3NO2. The first-order chi connectivity index (χ1) is 17.4. The molecule has 1 unspecified atom stereocenters. The fraction of sp³-hybridized carbons (Fsp3) is 0.633. The van der Waals surface area contributed by atoms with Gasteiger partial charge in [-0.2, -0.15) is 0 Å². The lowest BCUT2D eigenvalue weighted by atomic mass is 10.0. The number of halogens is 3. The highest BCUT2D eigenvalue weighted by Gasteiger charge is 2.36. The molecule has 0 fully saturated rings. The summed E-state index contributed by atoms with van der Waals surface area (Å²) in [6.07, 6.45) is 18.7. The van der Waals surface area contributed by atoms with Crippen molar-refractivity contribution in [3.05, 3.63) is 42.5 Å². The zero-order valence-corrected chi connectivity index (χ0v) is 24.2. The number of carbonyl (C=O) groups excluding carboxylic acids is 1. The molecule has 0 aromatic heterocycles. The fourth-order valence-electron chi connectivity index (χ4n) is 4.43. The Morgan fingerprint density at radius 1 is 0.750 bits per heavy atom. The molecule has 0 aliphatic heterocycles. The third kappa shape index (κ3) is 13.4. The predicted octanol–water partition coefficient (Wildman–Crippen LogP) is 10.3. The van der Waals surface area contributed by atoms with Crippen LogP contribution in [0.5, 0.6) is 5.75 Å². The summed E-state index contributed by atoms with van der Waals surface area (Å²) in [5, 5.41) is 4.85. The van der Waals surface area contributed by atoms with Gasteiger partial charge in [0.25, 0.3) is 0 Å². The average molecular weight is 557 g/mol. The summed E-state index contributed by atoms with van der Waals surface area (Å²) in [4.78, 5) is 12.5. The number of alkyl halides is 3. The molecule has 0 aliphatic rings. The van der Waals surface area contributed by atoms with Crippen LogP contribution in [0.15, 0.2) is 42.5 Å². The van der Waals surface area contributed by atoms with E-state index < -0.39 is 10.0 Å². The fourth-order valence-corrected chi connectivity index (χ4v) is 4.73. The summed E-state index contributed by atoms with van der Waals surface area (Å²) in [6.45, 7) is 2.27. The molecule has 2 rings (SSSR count). The molecule has 3 nitrogen and oxygen atoms in total. The highest BCUT2D eigenvalue weighted by Crippen LogP contribution is 2.33. The standard InChI is InChI=1S/C30H44Cl3NO2/c1-2-3-4-5-6-7-8-9-10-11-12-13-14-15-16-21-28(35)34-29(30(31,32)33)36-27-23-22-25-19-17-18-20-26(25)24-27/h17-20,22-24,29H,2-16,21H2,1H3,(H,34,35). The van der Waals surface area contributed by atoms with Crippen LogP contribution in [0.1, 0.15) is 110 Å². The molecule has 1 N–H and O–H groups in total. The van der Waals surface area contributed by atoms with Crippen LogP contribution in [0.2, 0.25) is 0 Å². The van der Waals surface area contributed by atoms with E-state index in [9.17, 15) is 4.79 Å². The van der Waals surface area contributed by atoms with Crippen molar-refractivity contribution >= 4 is 51.5 Å². The molecule has 202 valence electrons. The van der Waals surface area contributed by atoms with Gasteiger partial charge in [0.2, 0.25) is 15.9 Å². The monoisotopic (exact) mass is 555 g/mol. The molecule has 2 aromatic carbocycles. The van der Waals surface area contributed by atoms with Gasteiger partial charge in [-0.3, -0.25) is 4.79 Å². The summed E-state index contributed by atoms with van der Waals surface area (Å²) in [6, 6.07) is 13.6. The Balaban J connectivity index is 1.55. The second-order valence-electron chi connectivity index (χ2n) is 9.82. The molecule has 1 atom stereocenters. The van der Waals surface area contributed by atoms with Crippen molar-refractivity contribution in [3.8, 4) is 5.75 Å². The van der Waals surface area contributed by atoms with E-state index in [-0.39, 0.29) is 5.91 Å². The van der Waals surface area contributed by atoms with Gasteiger partial charge in [-0.25, -0.2) is 0 Å². The van der Waals surface area contributed by atoms with Gasteiger partial charge < -0.3 is 10.1 Å². The van der Waals surface area contributed by atoms with E-state index in [1.807, 2.05) is 42.5 Å². The Morgan fingerprint density at radius 3 is 1.78 bits per heavy atom. The van der Waals surface area contributed by atoms with Crippen molar-refractivity contribution in [2.24, 2.45) is 0 Å². The summed E-state index contributed by atoms with van der Waals surface area (Å²) in [5.74, 6) is 0.374. The number of hydrogen-bond acceptors (Lipinski definition) is 2. The van der Waals surface area contributed by atoms with E-state index in [4.69, 9.17) is 39.5 Å². The molecule has 0 saturated carbocycles. The number of carbonyl (C=O) groups is 1. The van der Waals surface area contributed by atoms with Crippen molar-refractivity contribution in [1.29, 1.82) is 0 Å². The van der Waals surface area contributed by atoms with E-state index in [1.165, 1.54) is 77.0 Å². The minimum Gasteiger partial charge on any atom is -0.466 e. The summed E-state index contributed by atoms with van der Waals surface area (Å²) in [5.41, 5.74) is 0. The van der Waals surface area contributed by atoms with Crippen LogP contribution in [0, 0.1) is 0 Å². The Kier molecular flexibility index (Phi) is 15.7. The normalized spacial score (nSPS) is 12.6. The van der Waals surface area contributed by atoms with Crippen molar-refractivity contribution < 1.29 is 9.53 Å². The van der Waals surface area contributed by atoms with E-state index >= 15 is 0 Å². The number of ether oxygens (including phenoxy) is 1. The van der Waals surface area contributed by atoms with Crippen LogP contribution >= 0.6 is 34.8 Å². The van der Waals surface area contributed by atoms with Gasteiger partial charge in [0, 0.05) is 6.42 Å². The lowest BCUT2D eigenvalue weighted by molar-refractivity contribution is -0.123. The lowest BCUT2D eigenvalue weighted by Crippen LogP contribution is -2.47. The number of rotatable bonds is 19. The zero-order valence-electron chi connectivity index (χ0n) is 21.9. The van der Waals surface area contributed by atoms with Crippen molar-refractivity contribution in [3.63, 3.8) is 0 Å². The first-order valence-corrected chi connectivity index (χ1v) is 15.0. The molecule has 0 spiro atoms. The quantitative estimate of drug-likeness (QED) is 0.106. The van der Waals surface area contributed by atoms with Gasteiger partial charge in [-0.05, 0) is 29.3 Å². The van der Waals surface area contributed by atoms with E-state index in [1.54, 1.807) is 0 Å². The van der Waals surface area contributed by atoms with Crippen LogP contribution in [-0.2, 0) is 4.79 Å². The largest absolute Gasteiger partial charge is 0.466 e. The second kappa shape index (κ2) is 18.2. The number of hydrogen-bond donors (Lipinski definition) is 1. The Hall–Kier alpha value is -1.16. The minimum absolute atomic E-state index is 0.165. The maximum Gasteiger partial charge on any atom is 0.246 e. The van der Waals surface area contributed by atoms with Crippen molar-refractivity contribution in [2.75, 3.05) is 0 Å².